The van der Waals surface area contributed by atoms with Gasteiger partial charge in [-0.1, -0.05) is 46.9 Å². The predicted octanol–water partition coefficient (Wildman–Crippen LogP) is 6.82. The van der Waals surface area contributed by atoms with Crippen molar-refractivity contribution in [1.82, 2.24) is 4.90 Å². The van der Waals surface area contributed by atoms with E-state index in [0.29, 0.717) is 45.0 Å². The van der Waals surface area contributed by atoms with Gasteiger partial charge in [-0.2, -0.15) is 0 Å². The van der Waals surface area contributed by atoms with Crippen molar-refractivity contribution < 1.29 is 13.9 Å². The van der Waals surface area contributed by atoms with Gasteiger partial charge in [-0.25, -0.2) is 4.39 Å². The highest BCUT2D eigenvalue weighted by atomic mass is 35.5. The molecule has 2 heterocycles. The molecule has 0 N–H and O–H groups in total. The highest BCUT2D eigenvalue weighted by molar-refractivity contribution is 7.21. The number of nitrogens with zero attached hydrogens (tertiary/aromatic N) is 1. The van der Waals surface area contributed by atoms with E-state index in [-0.39, 0.29) is 17.8 Å². The lowest BCUT2D eigenvalue weighted by Crippen LogP contribution is -2.36. The molecule has 3 aromatic rings. The highest BCUT2D eigenvalue weighted by Crippen LogP contribution is 2.41. The second kappa shape index (κ2) is 8.78. The average Bonchev–Trinajstić information content (AvgIpc) is 3.30. The standard InChI is InChI=1S/C21H17Cl3FNO2S/c22-13-8-16(23)18-17(9-13)29-20(19(18)24)21(27)26(11-15-2-1-7-28-15)10-12-3-5-14(25)6-4-12/h3-6,8-9,15H,1-2,7,10-11H2. The van der Waals surface area contributed by atoms with E-state index in [1.165, 1.54) is 23.5 Å². The minimum absolute atomic E-state index is 0.0226. The fourth-order valence-electron chi connectivity index (χ4n) is 3.46. The van der Waals surface area contributed by atoms with Crippen molar-refractivity contribution >= 4 is 62.1 Å². The Morgan fingerprint density at radius 2 is 1.97 bits per heavy atom. The van der Waals surface area contributed by atoms with Crippen molar-refractivity contribution in [2.75, 3.05) is 13.2 Å². The highest BCUT2D eigenvalue weighted by Gasteiger charge is 2.27. The van der Waals surface area contributed by atoms with Gasteiger partial charge in [0.1, 0.15) is 10.7 Å². The molecule has 152 valence electrons. The summed E-state index contributed by atoms with van der Waals surface area (Å²) < 4.78 is 19.8. The maximum atomic E-state index is 13.4. The van der Waals surface area contributed by atoms with Crippen molar-refractivity contribution in [2.24, 2.45) is 0 Å². The van der Waals surface area contributed by atoms with Gasteiger partial charge in [-0.05, 0) is 42.7 Å². The summed E-state index contributed by atoms with van der Waals surface area (Å²) in [6.07, 6.45) is 1.85. The van der Waals surface area contributed by atoms with Crippen LogP contribution in [0.5, 0.6) is 0 Å². The molecule has 1 aliphatic heterocycles. The van der Waals surface area contributed by atoms with E-state index in [1.54, 1.807) is 29.2 Å². The molecule has 8 heteroatoms. The summed E-state index contributed by atoms with van der Waals surface area (Å²) in [6, 6.07) is 9.49. The second-order valence-electron chi connectivity index (χ2n) is 6.95. The van der Waals surface area contributed by atoms with Crippen LogP contribution in [0.1, 0.15) is 28.1 Å². The first-order valence-electron chi connectivity index (χ1n) is 9.14. The molecule has 0 radical (unpaired) electrons. The molecule has 1 aromatic heterocycles. The number of carbonyl (C=O) groups excluding carboxylic acids is 1. The molecule has 1 saturated heterocycles. The summed E-state index contributed by atoms with van der Waals surface area (Å²) in [4.78, 5) is 15.5. The Kier molecular flexibility index (Phi) is 6.32. The Balaban J connectivity index is 1.68. The van der Waals surface area contributed by atoms with Crippen LogP contribution >= 0.6 is 46.1 Å². The SMILES string of the molecule is O=C(c1sc2cc(Cl)cc(Cl)c2c1Cl)N(Cc1ccc(F)cc1)CC1CCCO1. The molecule has 2 aromatic carbocycles. The topological polar surface area (TPSA) is 29.5 Å². The number of amides is 1. The van der Waals surface area contributed by atoms with Crippen LogP contribution in [0.4, 0.5) is 4.39 Å². The zero-order valence-corrected chi connectivity index (χ0v) is 18.3. The van der Waals surface area contributed by atoms with Gasteiger partial charge in [0, 0.05) is 34.8 Å². The van der Waals surface area contributed by atoms with E-state index < -0.39 is 0 Å². The third kappa shape index (κ3) is 4.54. The van der Waals surface area contributed by atoms with Crippen molar-refractivity contribution in [1.29, 1.82) is 0 Å². The lowest BCUT2D eigenvalue weighted by molar-refractivity contribution is 0.0511. The van der Waals surface area contributed by atoms with Crippen LogP contribution in [0.15, 0.2) is 36.4 Å². The molecule has 1 atom stereocenters. The molecule has 29 heavy (non-hydrogen) atoms. The average molecular weight is 473 g/mol. The number of hydrogen-bond donors (Lipinski definition) is 0. The van der Waals surface area contributed by atoms with Gasteiger partial charge in [0.25, 0.3) is 5.91 Å². The largest absolute Gasteiger partial charge is 0.376 e. The van der Waals surface area contributed by atoms with Crippen LogP contribution in [0.3, 0.4) is 0 Å². The molecule has 3 nitrogen and oxygen atoms in total. The van der Waals surface area contributed by atoms with Gasteiger partial charge in [0.05, 0.1) is 16.1 Å². The van der Waals surface area contributed by atoms with Gasteiger partial charge >= 0.3 is 0 Å². The van der Waals surface area contributed by atoms with E-state index in [0.717, 1.165) is 23.1 Å². The number of ether oxygens (including phenoxy) is 1. The van der Waals surface area contributed by atoms with Crippen LogP contribution < -0.4 is 0 Å². The van der Waals surface area contributed by atoms with Crippen LogP contribution in [0.25, 0.3) is 10.1 Å². The number of rotatable bonds is 5. The first-order chi connectivity index (χ1) is 13.9. The number of hydrogen-bond acceptors (Lipinski definition) is 3. The minimum atomic E-state index is -0.315. The molecule has 0 spiro atoms. The number of halogens is 4. The fourth-order valence-corrected chi connectivity index (χ4v) is 5.80. The smallest absolute Gasteiger partial charge is 0.265 e. The molecule has 1 amide bonds. The Bertz CT molecular complexity index is 1050. The molecule has 1 unspecified atom stereocenters. The van der Waals surface area contributed by atoms with Crippen LogP contribution in [-0.2, 0) is 11.3 Å². The third-order valence-electron chi connectivity index (χ3n) is 4.87. The van der Waals surface area contributed by atoms with Gasteiger partial charge in [-0.15, -0.1) is 11.3 Å². The lowest BCUT2D eigenvalue weighted by atomic mass is 10.1. The zero-order valence-electron chi connectivity index (χ0n) is 15.3. The minimum Gasteiger partial charge on any atom is -0.376 e. The van der Waals surface area contributed by atoms with Crippen molar-refractivity contribution in [2.45, 2.75) is 25.5 Å². The van der Waals surface area contributed by atoms with Crippen molar-refractivity contribution in [3.63, 3.8) is 0 Å². The number of benzene rings is 2. The van der Waals surface area contributed by atoms with Crippen LogP contribution in [0, 0.1) is 5.82 Å². The lowest BCUT2D eigenvalue weighted by Gasteiger charge is -2.25. The molecule has 0 bridgehead atoms. The monoisotopic (exact) mass is 471 g/mol. The number of thiophene rings is 1. The first-order valence-corrected chi connectivity index (χ1v) is 11.1. The molecular weight excluding hydrogens is 456 g/mol. The summed E-state index contributed by atoms with van der Waals surface area (Å²) in [5.74, 6) is -0.520. The van der Waals surface area contributed by atoms with E-state index in [2.05, 4.69) is 0 Å². The quantitative estimate of drug-likeness (QED) is 0.408. The Labute approximate surface area is 186 Å². The van der Waals surface area contributed by atoms with E-state index in [1.807, 2.05) is 0 Å². The van der Waals surface area contributed by atoms with Crippen LogP contribution in [0.2, 0.25) is 15.1 Å². The molecular formula is C21H17Cl3FNO2S. The third-order valence-corrected chi connectivity index (χ3v) is 7.00. The van der Waals surface area contributed by atoms with Gasteiger partial charge in [-0.3, -0.25) is 4.79 Å². The fraction of sp³-hybridized carbons (Fsp3) is 0.286. The van der Waals surface area contributed by atoms with Gasteiger partial charge in [0.2, 0.25) is 0 Å². The second-order valence-corrected chi connectivity index (χ2v) is 9.23. The van der Waals surface area contributed by atoms with Gasteiger partial charge < -0.3 is 9.64 Å². The zero-order chi connectivity index (χ0) is 20.5. The van der Waals surface area contributed by atoms with Crippen molar-refractivity contribution in [3.05, 3.63) is 67.7 Å². The summed E-state index contributed by atoms with van der Waals surface area (Å²) in [7, 11) is 0. The first kappa shape index (κ1) is 20.9. The predicted molar refractivity (Wildman–Crippen MR) is 117 cm³/mol. The molecule has 4 rings (SSSR count). The number of carbonyl (C=O) groups is 1. The Hall–Kier alpha value is -1.37. The van der Waals surface area contributed by atoms with Crippen LogP contribution in [-0.4, -0.2) is 30.1 Å². The normalized spacial score (nSPS) is 16.5. The van der Waals surface area contributed by atoms with E-state index in [4.69, 9.17) is 39.5 Å². The summed E-state index contributed by atoms with van der Waals surface area (Å²) in [5, 5.41) is 1.86. The molecule has 0 saturated carbocycles. The summed E-state index contributed by atoms with van der Waals surface area (Å²) >= 11 is 20.2. The van der Waals surface area contributed by atoms with Gasteiger partial charge in [0.15, 0.2) is 0 Å². The maximum Gasteiger partial charge on any atom is 0.265 e. The molecule has 0 aliphatic carbocycles. The van der Waals surface area contributed by atoms with Crippen molar-refractivity contribution in [3.8, 4) is 0 Å². The Morgan fingerprint density at radius 3 is 2.66 bits per heavy atom. The summed E-state index contributed by atoms with van der Waals surface area (Å²) in [5.41, 5.74) is 0.830. The van der Waals surface area contributed by atoms with E-state index >= 15 is 0 Å². The van der Waals surface area contributed by atoms with E-state index in [9.17, 15) is 9.18 Å². The molecule has 1 aliphatic rings. The Morgan fingerprint density at radius 1 is 1.21 bits per heavy atom. The number of fused-ring (bicyclic) bond motifs is 1. The molecule has 1 fully saturated rings. The summed E-state index contributed by atoms with van der Waals surface area (Å²) in [6.45, 7) is 1.47. The maximum absolute atomic E-state index is 13.4.